The molecular formula is C13H4F6IN3O2S. The van der Waals surface area contributed by atoms with Gasteiger partial charge in [-0.1, -0.05) is 0 Å². The van der Waals surface area contributed by atoms with E-state index in [9.17, 15) is 35.9 Å². The molecule has 0 unspecified atom stereocenters. The molecule has 0 atom stereocenters. The number of rotatable bonds is 1. The van der Waals surface area contributed by atoms with Crippen LogP contribution in [0.1, 0.15) is 11.3 Å². The Bertz CT molecular complexity index is 1130. The van der Waals surface area contributed by atoms with E-state index >= 15 is 0 Å². The van der Waals surface area contributed by atoms with Gasteiger partial charge >= 0.3 is 18.0 Å². The van der Waals surface area contributed by atoms with Crippen LogP contribution >= 0.6 is 34.1 Å². The molecule has 0 radical (unpaired) electrons. The second-order valence-corrected chi connectivity index (χ2v) is 6.90. The summed E-state index contributed by atoms with van der Waals surface area (Å²) in [7, 11) is 0. The SMILES string of the molecule is O=c1[nH]c(=O)c2cc(C(F)(F)F)c(-c3cc(C(F)(F)F)ns3)c(I)c2[nH]1. The Balaban J connectivity index is 2.43. The van der Waals surface area contributed by atoms with Gasteiger partial charge in [0.1, 0.15) is 0 Å². The summed E-state index contributed by atoms with van der Waals surface area (Å²) in [5.41, 5.74) is -5.42. The molecule has 0 aliphatic carbocycles. The molecule has 0 aliphatic rings. The van der Waals surface area contributed by atoms with E-state index in [1.54, 1.807) is 4.98 Å². The van der Waals surface area contributed by atoms with E-state index < -0.39 is 50.7 Å². The van der Waals surface area contributed by atoms with Crippen LogP contribution in [0.15, 0.2) is 21.7 Å². The second kappa shape index (κ2) is 6.07. The molecule has 3 rings (SSSR count). The Hall–Kier alpha value is -1.90. The number of nitrogens with one attached hydrogen (secondary N) is 2. The number of hydrogen-bond acceptors (Lipinski definition) is 4. The summed E-state index contributed by atoms with van der Waals surface area (Å²) in [6, 6.07) is 0.989. The van der Waals surface area contributed by atoms with Crippen LogP contribution in [0.25, 0.3) is 21.3 Å². The number of aromatic amines is 2. The first-order chi connectivity index (χ1) is 11.9. The van der Waals surface area contributed by atoms with Crippen LogP contribution in [0.2, 0.25) is 0 Å². The van der Waals surface area contributed by atoms with Crippen molar-refractivity contribution in [2.75, 3.05) is 0 Å². The van der Waals surface area contributed by atoms with Gasteiger partial charge in [0.25, 0.3) is 5.56 Å². The minimum Gasteiger partial charge on any atom is -0.306 e. The summed E-state index contributed by atoms with van der Waals surface area (Å²) in [6.07, 6.45) is -9.77. The molecule has 3 aromatic rings. The number of benzene rings is 1. The fourth-order valence-electron chi connectivity index (χ4n) is 2.26. The van der Waals surface area contributed by atoms with Crippen molar-refractivity contribution >= 4 is 45.0 Å². The molecule has 2 heterocycles. The van der Waals surface area contributed by atoms with E-state index in [0.717, 1.165) is 0 Å². The molecule has 2 N–H and O–H groups in total. The summed E-state index contributed by atoms with van der Waals surface area (Å²) < 4.78 is 81.6. The van der Waals surface area contributed by atoms with Gasteiger partial charge in [0, 0.05) is 9.13 Å². The summed E-state index contributed by atoms with van der Waals surface area (Å²) >= 11 is 1.68. The normalized spacial score (nSPS) is 12.7. The van der Waals surface area contributed by atoms with Gasteiger partial charge in [-0.15, -0.1) is 0 Å². The van der Waals surface area contributed by atoms with Crippen molar-refractivity contribution in [2.24, 2.45) is 0 Å². The van der Waals surface area contributed by atoms with Crippen LogP contribution in [0.3, 0.4) is 0 Å². The molecule has 0 saturated carbocycles. The quantitative estimate of drug-likeness (QED) is 0.387. The van der Waals surface area contributed by atoms with E-state index in [-0.39, 0.29) is 20.6 Å². The van der Waals surface area contributed by atoms with E-state index in [2.05, 4.69) is 9.36 Å². The Morgan fingerprint density at radius 2 is 1.65 bits per heavy atom. The molecule has 5 nitrogen and oxygen atoms in total. The summed E-state index contributed by atoms with van der Waals surface area (Å²) in [4.78, 5) is 26.9. The van der Waals surface area contributed by atoms with E-state index in [1.165, 1.54) is 22.6 Å². The zero-order chi connectivity index (χ0) is 19.4. The maximum Gasteiger partial charge on any atom is 0.434 e. The third-order valence-corrected chi connectivity index (χ3v) is 5.21. The highest BCUT2D eigenvalue weighted by atomic mass is 127. The van der Waals surface area contributed by atoms with Crippen LogP contribution in [-0.4, -0.2) is 14.3 Å². The maximum atomic E-state index is 13.5. The van der Waals surface area contributed by atoms with Crippen LogP contribution < -0.4 is 11.2 Å². The van der Waals surface area contributed by atoms with Crippen molar-refractivity contribution < 1.29 is 26.3 Å². The molecule has 26 heavy (non-hydrogen) atoms. The third kappa shape index (κ3) is 3.24. The van der Waals surface area contributed by atoms with Gasteiger partial charge < -0.3 is 4.98 Å². The Kier molecular flexibility index (Phi) is 4.41. The number of alkyl halides is 6. The standard InChI is InChI=1S/C13H4F6IN3O2S/c14-12(15,16)4-1-3-9(21-11(25)22-10(3)24)8(20)7(4)5-2-6(23-26-5)13(17,18)19/h1-2H,(H2,21,22,24,25). The Morgan fingerprint density at radius 3 is 2.19 bits per heavy atom. The fraction of sp³-hybridized carbons (Fsp3) is 0.154. The van der Waals surface area contributed by atoms with Gasteiger partial charge in [-0.2, -0.15) is 30.7 Å². The molecule has 0 amide bonds. The average molecular weight is 507 g/mol. The molecule has 0 spiro atoms. The molecule has 1 aromatic carbocycles. The predicted molar refractivity (Wildman–Crippen MR) is 89.0 cm³/mol. The Morgan fingerprint density at radius 1 is 1.00 bits per heavy atom. The first-order valence-corrected chi connectivity index (χ1v) is 8.35. The lowest BCUT2D eigenvalue weighted by atomic mass is 10.0. The third-order valence-electron chi connectivity index (χ3n) is 3.33. The van der Waals surface area contributed by atoms with Gasteiger partial charge in [-0.25, -0.2) is 4.79 Å². The average Bonchev–Trinajstić information content (AvgIpc) is 2.96. The number of fused-ring (bicyclic) bond motifs is 1. The van der Waals surface area contributed by atoms with Crippen LogP contribution in [0.5, 0.6) is 0 Å². The molecule has 138 valence electrons. The molecule has 0 aliphatic heterocycles. The second-order valence-electron chi connectivity index (χ2n) is 5.02. The van der Waals surface area contributed by atoms with Gasteiger partial charge in [0.15, 0.2) is 5.69 Å². The lowest BCUT2D eigenvalue weighted by Crippen LogP contribution is -2.23. The zero-order valence-corrected chi connectivity index (χ0v) is 14.9. The van der Waals surface area contributed by atoms with Crippen LogP contribution in [0.4, 0.5) is 26.3 Å². The lowest BCUT2D eigenvalue weighted by Gasteiger charge is -2.15. The predicted octanol–water partition coefficient (Wildman–Crippen LogP) is 3.98. The highest BCUT2D eigenvalue weighted by Crippen LogP contribution is 2.44. The van der Waals surface area contributed by atoms with Crippen molar-refractivity contribution in [1.29, 1.82) is 0 Å². The minimum absolute atomic E-state index is 0.204. The topological polar surface area (TPSA) is 78.6 Å². The smallest absolute Gasteiger partial charge is 0.306 e. The maximum absolute atomic E-state index is 13.5. The minimum atomic E-state index is -4.95. The number of halogens is 7. The molecule has 13 heteroatoms. The van der Waals surface area contributed by atoms with Crippen molar-refractivity contribution in [3.8, 4) is 10.4 Å². The van der Waals surface area contributed by atoms with Crippen LogP contribution in [0, 0.1) is 3.57 Å². The number of aromatic nitrogens is 3. The summed E-state index contributed by atoms with van der Waals surface area (Å²) in [6.45, 7) is 0. The number of nitrogens with zero attached hydrogens (tertiary/aromatic N) is 1. The van der Waals surface area contributed by atoms with Crippen molar-refractivity contribution in [3.05, 3.63) is 47.8 Å². The van der Waals surface area contributed by atoms with Gasteiger partial charge in [-0.3, -0.25) is 9.78 Å². The first-order valence-electron chi connectivity index (χ1n) is 6.50. The van der Waals surface area contributed by atoms with E-state index in [1.807, 2.05) is 0 Å². The van der Waals surface area contributed by atoms with Crippen molar-refractivity contribution in [1.82, 2.24) is 14.3 Å². The van der Waals surface area contributed by atoms with Crippen molar-refractivity contribution in [2.45, 2.75) is 12.4 Å². The molecule has 0 bridgehead atoms. The fourth-order valence-corrected chi connectivity index (χ4v) is 4.27. The summed E-state index contributed by atoms with van der Waals surface area (Å²) in [5, 5.41) is -0.439. The van der Waals surface area contributed by atoms with E-state index in [4.69, 9.17) is 0 Å². The highest BCUT2D eigenvalue weighted by molar-refractivity contribution is 14.1. The molecule has 0 saturated heterocycles. The lowest BCUT2D eigenvalue weighted by molar-refractivity contribution is -0.140. The van der Waals surface area contributed by atoms with Gasteiger partial charge in [0.2, 0.25) is 0 Å². The molecule has 0 fully saturated rings. The molecule has 2 aromatic heterocycles. The molecular weight excluding hydrogens is 503 g/mol. The van der Waals surface area contributed by atoms with Gasteiger partial charge in [0.05, 0.1) is 21.3 Å². The van der Waals surface area contributed by atoms with Crippen molar-refractivity contribution in [3.63, 3.8) is 0 Å². The largest absolute Gasteiger partial charge is 0.434 e. The van der Waals surface area contributed by atoms with Crippen LogP contribution in [-0.2, 0) is 12.4 Å². The first kappa shape index (κ1) is 18.9. The summed E-state index contributed by atoms with van der Waals surface area (Å²) in [5.74, 6) is 0. The highest BCUT2D eigenvalue weighted by Gasteiger charge is 2.38. The number of H-pyrrole nitrogens is 2. The Labute approximate surface area is 156 Å². The van der Waals surface area contributed by atoms with E-state index in [0.29, 0.717) is 12.1 Å². The van der Waals surface area contributed by atoms with Gasteiger partial charge in [-0.05, 0) is 46.3 Å². The monoisotopic (exact) mass is 507 g/mol. The number of hydrogen-bond donors (Lipinski definition) is 2. The zero-order valence-electron chi connectivity index (χ0n) is 12.0.